The summed E-state index contributed by atoms with van der Waals surface area (Å²) in [5.41, 5.74) is 4.76. The third-order valence-electron chi connectivity index (χ3n) is 3.75. The lowest BCUT2D eigenvalue weighted by molar-refractivity contribution is 0.590. The molecule has 0 aliphatic rings. The zero-order chi connectivity index (χ0) is 16.4. The second-order valence-corrected chi connectivity index (χ2v) is 6.46. The molecule has 2 heterocycles. The van der Waals surface area contributed by atoms with Gasteiger partial charge in [-0.25, -0.2) is 9.97 Å². The Morgan fingerprint density at radius 1 is 1.17 bits per heavy atom. The molecule has 0 atom stereocenters. The topological polar surface area (TPSA) is 54.0 Å². The van der Waals surface area contributed by atoms with Crippen molar-refractivity contribution in [3.8, 4) is 17.3 Å². The van der Waals surface area contributed by atoms with Crippen LogP contribution in [0.15, 0.2) is 48.9 Å². The second-order valence-electron chi connectivity index (χ2n) is 6.46. The summed E-state index contributed by atoms with van der Waals surface area (Å²) in [6.45, 7) is 6.58. The molecule has 2 aromatic heterocycles. The summed E-state index contributed by atoms with van der Waals surface area (Å²) in [5.74, 6) is 0. The van der Waals surface area contributed by atoms with E-state index >= 15 is 0 Å². The van der Waals surface area contributed by atoms with Crippen LogP contribution in [0.1, 0.15) is 32.0 Å². The summed E-state index contributed by atoms with van der Waals surface area (Å²) in [5, 5.41) is 8.71. The average Bonchev–Trinajstić information content (AvgIpc) is 3.00. The molecule has 0 radical (unpaired) electrons. The third kappa shape index (κ3) is 3.00. The number of benzene rings is 1. The van der Waals surface area contributed by atoms with Gasteiger partial charge in [0.1, 0.15) is 5.69 Å². The van der Waals surface area contributed by atoms with Gasteiger partial charge in [-0.15, -0.1) is 0 Å². The molecule has 4 heteroatoms. The van der Waals surface area contributed by atoms with Crippen LogP contribution in [0.4, 0.5) is 0 Å². The van der Waals surface area contributed by atoms with Gasteiger partial charge in [0.15, 0.2) is 5.65 Å². The van der Waals surface area contributed by atoms with Gasteiger partial charge in [-0.05, 0) is 17.1 Å². The van der Waals surface area contributed by atoms with E-state index in [9.17, 15) is 0 Å². The number of hydrogen-bond donors (Lipinski definition) is 0. The van der Waals surface area contributed by atoms with Crippen molar-refractivity contribution in [3.63, 3.8) is 0 Å². The predicted molar refractivity (Wildman–Crippen MR) is 91.8 cm³/mol. The van der Waals surface area contributed by atoms with E-state index in [0.717, 1.165) is 22.6 Å². The van der Waals surface area contributed by atoms with Crippen LogP contribution in [-0.4, -0.2) is 14.4 Å². The summed E-state index contributed by atoms with van der Waals surface area (Å²) in [4.78, 5) is 9.05. The summed E-state index contributed by atoms with van der Waals surface area (Å²) in [6.07, 6.45) is 8.63. The number of fused-ring (bicyclic) bond motifs is 1. The van der Waals surface area contributed by atoms with E-state index in [1.807, 2.05) is 22.9 Å². The normalized spacial score (nSPS) is 11.9. The highest BCUT2D eigenvalue weighted by molar-refractivity contribution is 5.75. The lowest BCUT2D eigenvalue weighted by Crippen LogP contribution is -2.10. The minimum Gasteiger partial charge on any atom is -0.303 e. The van der Waals surface area contributed by atoms with E-state index in [1.54, 1.807) is 12.3 Å². The molecule has 0 spiro atoms. The maximum Gasteiger partial charge on any atom is 0.163 e. The van der Waals surface area contributed by atoms with E-state index < -0.39 is 0 Å². The van der Waals surface area contributed by atoms with Crippen molar-refractivity contribution in [2.24, 2.45) is 0 Å². The molecular formula is C19H18N4. The van der Waals surface area contributed by atoms with Crippen molar-refractivity contribution >= 4 is 11.7 Å². The Morgan fingerprint density at radius 2 is 1.91 bits per heavy atom. The van der Waals surface area contributed by atoms with Gasteiger partial charge >= 0.3 is 0 Å². The molecule has 0 aliphatic carbocycles. The van der Waals surface area contributed by atoms with Crippen molar-refractivity contribution in [2.75, 3.05) is 0 Å². The highest BCUT2D eigenvalue weighted by atomic mass is 15.0. The second kappa shape index (κ2) is 5.69. The standard InChI is InChI=1S/C19H18N4/c1-19(2,3)15-8-6-14(7-9-15)17-18-21-11-12-23(18)13-16(22-17)5-4-10-20/h4-9,11-13H,1-3H3/b5-4+. The molecule has 3 rings (SSSR count). The molecule has 0 amide bonds. The van der Waals surface area contributed by atoms with E-state index in [-0.39, 0.29) is 5.41 Å². The monoisotopic (exact) mass is 302 g/mol. The first-order valence-corrected chi connectivity index (χ1v) is 7.50. The number of nitriles is 1. The van der Waals surface area contributed by atoms with Crippen LogP contribution in [-0.2, 0) is 5.41 Å². The fourth-order valence-electron chi connectivity index (χ4n) is 2.48. The van der Waals surface area contributed by atoms with E-state index in [0.29, 0.717) is 0 Å². The molecule has 0 N–H and O–H groups in total. The summed E-state index contributed by atoms with van der Waals surface area (Å²) < 4.78 is 1.93. The molecule has 3 aromatic rings. The Hall–Kier alpha value is -2.93. The van der Waals surface area contributed by atoms with Crippen LogP contribution in [0, 0.1) is 11.3 Å². The summed E-state index contributed by atoms with van der Waals surface area (Å²) in [6, 6.07) is 10.4. The number of imidazole rings is 1. The van der Waals surface area contributed by atoms with Gasteiger partial charge in [-0.3, -0.25) is 0 Å². The predicted octanol–water partition coefficient (Wildman–Crippen LogP) is 4.23. The molecule has 4 nitrogen and oxygen atoms in total. The van der Waals surface area contributed by atoms with Crippen molar-refractivity contribution in [1.82, 2.24) is 14.4 Å². The van der Waals surface area contributed by atoms with Crippen LogP contribution in [0.5, 0.6) is 0 Å². The highest BCUT2D eigenvalue weighted by Gasteiger charge is 2.14. The van der Waals surface area contributed by atoms with Crippen molar-refractivity contribution in [2.45, 2.75) is 26.2 Å². The van der Waals surface area contributed by atoms with E-state index in [4.69, 9.17) is 5.26 Å². The average molecular weight is 302 g/mol. The van der Waals surface area contributed by atoms with Crippen LogP contribution < -0.4 is 0 Å². The fraction of sp³-hybridized carbons (Fsp3) is 0.211. The molecule has 0 fully saturated rings. The van der Waals surface area contributed by atoms with Gasteiger partial charge in [0, 0.05) is 30.2 Å². The van der Waals surface area contributed by atoms with Gasteiger partial charge < -0.3 is 4.40 Å². The van der Waals surface area contributed by atoms with Gasteiger partial charge in [-0.2, -0.15) is 5.26 Å². The number of allylic oxidation sites excluding steroid dienone is 1. The summed E-state index contributed by atoms with van der Waals surface area (Å²) >= 11 is 0. The first-order valence-electron chi connectivity index (χ1n) is 7.50. The molecule has 0 saturated carbocycles. The quantitative estimate of drug-likeness (QED) is 0.666. The van der Waals surface area contributed by atoms with E-state index in [1.165, 1.54) is 11.6 Å². The van der Waals surface area contributed by atoms with Crippen LogP contribution in [0.3, 0.4) is 0 Å². The van der Waals surface area contributed by atoms with Crippen LogP contribution in [0.2, 0.25) is 0 Å². The minimum atomic E-state index is 0.117. The zero-order valence-electron chi connectivity index (χ0n) is 13.5. The largest absolute Gasteiger partial charge is 0.303 e. The SMILES string of the molecule is CC(C)(C)c1ccc(-c2nc(/C=C/C#N)cn3ccnc23)cc1. The number of rotatable bonds is 2. The smallest absolute Gasteiger partial charge is 0.163 e. The molecule has 114 valence electrons. The minimum absolute atomic E-state index is 0.117. The maximum atomic E-state index is 8.71. The zero-order valence-corrected chi connectivity index (χ0v) is 13.5. The highest BCUT2D eigenvalue weighted by Crippen LogP contribution is 2.27. The first kappa shape index (κ1) is 15.0. The first-order chi connectivity index (χ1) is 11.0. The van der Waals surface area contributed by atoms with Gasteiger partial charge in [0.2, 0.25) is 0 Å². The van der Waals surface area contributed by atoms with Gasteiger partial charge in [0.25, 0.3) is 0 Å². The Balaban J connectivity index is 2.13. The van der Waals surface area contributed by atoms with Crippen molar-refractivity contribution in [1.29, 1.82) is 5.26 Å². The van der Waals surface area contributed by atoms with Crippen LogP contribution >= 0.6 is 0 Å². The number of hydrogen-bond acceptors (Lipinski definition) is 3. The van der Waals surface area contributed by atoms with Crippen molar-refractivity contribution < 1.29 is 0 Å². The number of nitrogens with zero attached hydrogens (tertiary/aromatic N) is 4. The van der Waals surface area contributed by atoms with Crippen LogP contribution in [0.25, 0.3) is 23.0 Å². The summed E-state index contributed by atoms with van der Waals surface area (Å²) in [7, 11) is 0. The Morgan fingerprint density at radius 3 is 2.57 bits per heavy atom. The Labute approximate surface area is 135 Å². The Kier molecular flexibility index (Phi) is 3.71. The molecule has 0 saturated heterocycles. The third-order valence-corrected chi connectivity index (χ3v) is 3.75. The molecule has 0 aliphatic heterocycles. The maximum absolute atomic E-state index is 8.71. The Bertz CT molecular complexity index is 903. The number of aromatic nitrogens is 3. The van der Waals surface area contributed by atoms with Crippen molar-refractivity contribution in [3.05, 3.63) is 60.2 Å². The molecule has 0 bridgehead atoms. The lowest BCUT2D eigenvalue weighted by atomic mass is 9.86. The fourth-order valence-corrected chi connectivity index (χ4v) is 2.48. The van der Waals surface area contributed by atoms with E-state index in [2.05, 4.69) is 55.0 Å². The molecule has 23 heavy (non-hydrogen) atoms. The lowest BCUT2D eigenvalue weighted by Gasteiger charge is -2.19. The van der Waals surface area contributed by atoms with Gasteiger partial charge in [-0.1, -0.05) is 45.0 Å². The molecule has 1 aromatic carbocycles. The molecular weight excluding hydrogens is 284 g/mol. The molecule has 0 unspecified atom stereocenters. The van der Waals surface area contributed by atoms with Gasteiger partial charge in [0.05, 0.1) is 11.8 Å².